The lowest BCUT2D eigenvalue weighted by atomic mass is 10.1. The summed E-state index contributed by atoms with van der Waals surface area (Å²) in [7, 11) is 4.05. The van der Waals surface area contributed by atoms with E-state index < -0.39 is 0 Å². The minimum absolute atomic E-state index is 0.600. The van der Waals surface area contributed by atoms with Gasteiger partial charge in [0.25, 0.3) is 0 Å². The zero-order valence-corrected chi connectivity index (χ0v) is 11.2. The van der Waals surface area contributed by atoms with Crippen molar-refractivity contribution in [1.29, 1.82) is 0 Å². The predicted molar refractivity (Wildman–Crippen MR) is 70.2 cm³/mol. The minimum Gasteiger partial charge on any atom is -0.359 e. The summed E-state index contributed by atoms with van der Waals surface area (Å²) >= 11 is 1.64. The van der Waals surface area contributed by atoms with Gasteiger partial charge in [-0.15, -0.1) is 11.8 Å². The smallest absolute Gasteiger partial charge is 0.132 e. The van der Waals surface area contributed by atoms with Gasteiger partial charge in [-0.05, 0) is 25.8 Å². The van der Waals surface area contributed by atoms with Gasteiger partial charge in [-0.2, -0.15) is 0 Å². The lowest BCUT2D eigenvalue weighted by Gasteiger charge is -2.22. The summed E-state index contributed by atoms with van der Waals surface area (Å²) in [4.78, 5) is 10.6. The van der Waals surface area contributed by atoms with Gasteiger partial charge in [0.1, 0.15) is 17.2 Å². The van der Waals surface area contributed by atoms with Crippen molar-refractivity contribution in [3.8, 4) is 0 Å². The molecule has 4 nitrogen and oxygen atoms in total. The summed E-state index contributed by atoms with van der Waals surface area (Å²) in [5.74, 6) is 1.59. The molecule has 5 heteroatoms. The fraction of sp³-hybridized carbons (Fsp3) is 0.636. The first-order valence-electron chi connectivity index (χ1n) is 5.39. The maximum absolute atomic E-state index is 4.28. The number of hydrogen-bond donors (Lipinski definition) is 1. The molecule has 0 radical (unpaired) electrons. The van der Waals surface area contributed by atoms with Crippen molar-refractivity contribution in [3.05, 3.63) is 12.4 Å². The highest BCUT2D eigenvalue weighted by Gasteiger charge is 2.08. The van der Waals surface area contributed by atoms with Gasteiger partial charge in [-0.3, -0.25) is 0 Å². The van der Waals surface area contributed by atoms with E-state index >= 15 is 0 Å². The van der Waals surface area contributed by atoms with Gasteiger partial charge in [0.15, 0.2) is 0 Å². The number of nitrogens with one attached hydrogen (secondary N) is 1. The number of rotatable bonds is 6. The third-order valence-corrected chi connectivity index (χ3v) is 3.01. The molecule has 16 heavy (non-hydrogen) atoms. The van der Waals surface area contributed by atoms with E-state index in [9.17, 15) is 0 Å². The van der Waals surface area contributed by atoms with Crippen molar-refractivity contribution >= 4 is 17.6 Å². The maximum Gasteiger partial charge on any atom is 0.132 e. The van der Waals surface area contributed by atoms with Crippen molar-refractivity contribution in [3.63, 3.8) is 0 Å². The molecule has 1 aromatic rings. The van der Waals surface area contributed by atoms with Crippen LogP contribution in [0.1, 0.15) is 6.92 Å². The second-order valence-electron chi connectivity index (χ2n) is 3.96. The first-order chi connectivity index (χ1) is 7.67. The largest absolute Gasteiger partial charge is 0.359 e. The summed E-state index contributed by atoms with van der Waals surface area (Å²) in [6.45, 7) is 4.24. The highest BCUT2D eigenvalue weighted by molar-refractivity contribution is 7.98. The monoisotopic (exact) mass is 240 g/mol. The van der Waals surface area contributed by atoms with Crippen LogP contribution in [0.15, 0.2) is 17.4 Å². The highest BCUT2D eigenvalue weighted by Crippen LogP contribution is 2.16. The summed E-state index contributed by atoms with van der Waals surface area (Å²) in [6.07, 6.45) is 3.65. The number of hydrogen-bond acceptors (Lipinski definition) is 5. The van der Waals surface area contributed by atoms with Crippen LogP contribution in [0.4, 0.5) is 5.82 Å². The van der Waals surface area contributed by atoms with E-state index in [1.54, 1.807) is 18.1 Å². The molecular weight excluding hydrogens is 220 g/mol. The number of nitrogens with zero attached hydrogens (tertiary/aromatic N) is 3. The normalized spacial score (nSPS) is 12.5. The molecule has 1 rings (SSSR count). The average Bonchev–Trinajstić information content (AvgIpc) is 2.29. The Morgan fingerprint density at radius 1 is 1.50 bits per heavy atom. The summed E-state index contributed by atoms with van der Waals surface area (Å²) in [5, 5.41) is 4.20. The molecule has 0 fully saturated rings. The SMILES string of the molecule is CNCC(C)CN(C)c1cc(SC)ncn1. The molecule has 90 valence electrons. The van der Waals surface area contributed by atoms with Crippen molar-refractivity contribution in [1.82, 2.24) is 15.3 Å². The number of anilines is 1. The van der Waals surface area contributed by atoms with Crippen LogP contribution < -0.4 is 10.2 Å². The van der Waals surface area contributed by atoms with Gasteiger partial charge in [0.05, 0.1) is 0 Å². The van der Waals surface area contributed by atoms with Gasteiger partial charge in [0.2, 0.25) is 0 Å². The summed E-state index contributed by atoms with van der Waals surface area (Å²) in [6, 6.07) is 2.02. The van der Waals surface area contributed by atoms with E-state index in [-0.39, 0.29) is 0 Å². The third-order valence-electron chi connectivity index (χ3n) is 2.37. The molecule has 0 aromatic carbocycles. The molecule has 0 saturated carbocycles. The molecule has 1 atom stereocenters. The van der Waals surface area contributed by atoms with Crippen LogP contribution in [0.3, 0.4) is 0 Å². The first-order valence-corrected chi connectivity index (χ1v) is 6.61. The van der Waals surface area contributed by atoms with Crippen LogP contribution in [0, 0.1) is 5.92 Å². The van der Waals surface area contributed by atoms with Gasteiger partial charge >= 0.3 is 0 Å². The topological polar surface area (TPSA) is 41.0 Å². The van der Waals surface area contributed by atoms with Gasteiger partial charge in [0, 0.05) is 19.7 Å². The van der Waals surface area contributed by atoms with Crippen LogP contribution in [-0.2, 0) is 0 Å². The zero-order chi connectivity index (χ0) is 12.0. The Balaban J connectivity index is 2.61. The molecule has 0 spiro atoms. The Morgan fingerprint density at radius 2 is 2.25 bits per heavy atom. The second-order valence-corrected chi connectivity index (χ2v) is 4.79. The van der Waals surface area contributed by atoms with Crippen molar-refractivity contribution in [2.45, 2.75) is 11.9 Å². The second kappa shape index (κ2) is 6.70. The molecule has 1 N–H and O–H groups in total. The van der Waals surface area contributed by atoms with Gasteiger partial charge in [-0.25, -0.2) is 9.97 Å². The Morgan fingerprint density at radius 3 is 2.88 bits per heavy atom. The standard InChI is InChI=1S/C11H20N4S/c1-9(6-12-2)7-15(3)10-5-11(16-4)14-8-13-10/h5,8-9,12H,6-7H2,1-4H3. The molecule has 0 aliphatic heterocycles. The Bertz CT molecular complexity index is 319. The molecule has 1 unspecified atom stereocenters. The Hall–Kier alpha value is -0.810. The highest BCUT2D eigenvalue weighted by atomic mass is 32.2. The molecule has 0 saturated heterocycles. The summed E-state index contributed by atoms with van der Waals surface area (Å²) in [5.41, 5.74) is 0. The summed E-state index contributed by atoms with van der Waals surface area (Å²) < 4.78 is 0. The molecule has 0 aliphatic rings. The number of aromatic nitrogens is 2. The quantitative estimate of drug-likeness (QED) is 0.603. The molecule has 1 heterocycles. The minimum atomic E-state index is 0.600. The van der Waals surface area contributed by atoms with Crippen LogP contribution in [0.5, 0.6) is 0 Å². The third kappa shape index (κ3) is 3.98. The first kappa shape index (κ1) is 13.3. The van der Waals surface area contributed by atoms with Crippen LogP contribution in [0.2, 0.25) is 0 Å². The molecule has 0 aliphatic carbocycles. The molecular formula is C11H20N4S. The maximum atomic E-state index is 4.28. The van der Waals surface area contributed by atoms with Gasteiger partial charge < -0.3 is 10.2 Å². The lowest BCUT2D eigenvalue weighted by Crippen LogP contribution is -2.30. The zero-order valence-electron chi connectivity index (χ0n) is 10.4. The fourth-order valence-electron chi connectivity index (χ4n) is 1.62. The van der Waals surface area contributed by atoms with Crippen molar-refractivity contribution in [2.24, 2.45) is 5.92 Å². The van der Waals surface area contributed by atoms with E-state index in [2.05, 4.69) is 34.2 Å². The van der Waals surface area contributed by atoms with Crippen LogP contribution in [0.25, 0.3) is 0 Å². The van der Waals surface area contributed by atoms with E-state index in [1.807, 2.05) is 19.4 Å². The molecule has 0 bridgehead atoms. The van der Waals surface area contributed by atoms with Crippen LogP contribution in [-0.4, -0.2) is 43.4 Å². The predicted octanol–water partition coefficient (Wildman–Crippen LogP) is 1.49. The van der Waals surface area contributed by atoms with Crippen molar-refractivity contribution in [2.75, 3.05) is 38.3 Å². The molecule has 1 aromatic heterocycles. The number of thioether (sulfide) groups is 1. The lowest BCUT2D eigenvalue weighted by molar-refractivity contribution is 0.540. The Kier molecular flexibility index (Phi) is 5.55. The van der Waals surface area contributed by atoms with Crippen molar-refractivity contribution < 1.29 is 0 Å². The van der Waals surface area contributed by atoms with Crippen LogP contribution >= 0.6 is 11.8 Å². The average molecular weight is 240 g/mol. The Labute approximate surface area is 102 Å². The van der Waals surface area contributed by atoms with E-state index in [0.29, 0.717) is 5.92 Å². The van der Waals surface area contributed by atoms with E-state index in [0.717, 1.165) is 23.9 Å². The van der Waals surface area contributed by atoms with Gasteiger partial charge in [-0.1, -0.05) is 6.92 Å². The van der Waals surface area contributed by atoms with E-state index in [4.69, 9.17) is 0 Å². The molecule has 0 amide bonds. The van der Waals surface area contributed by atoms with E-state index in [1.165, 1.54) is 0 Å². The fourth-order valence-corrected chi connectivity index (χ4v) is 2.00.